The molecule has 0 aliphatic heterocycles. The van der Waals surface area contributed by atoms with E-state index >= 15 is 0 Å². The summed E-state index contributed by atoms with van der Waals surface area (Å²) in [6.07, 6.45) is 4.16. The highest BCUT2D eigenvalue weighted by molar-refractivity contribution is 7.99. The summed E-state index contributed by atoms with van der Waals surface area (Å²) in [5.41, 5.74) is 8.90. The summed E-state index contributed by atoms with van der Waals surface area (Å²) >= 11 is 3.44. The number of hydrogen-bond acceptors (Lipinski definition) is 5. The van der Waals surface area contributed by atoms with E-state index in [1.807, 2.05) is 22.6 Å². The Morgan fingerprint density at radius 1 is 0.923 bits per heavy atom. The van der Waals surface area contributed by atoms with Crippen LogP contribution < -0.4 is 5.73 Å². The molecule has 0 saturated heterocycles. The van der Waals surface area contributed by atoms with Crippen molar-refractivity contribution < 1.29 is 0 Å². The number of nitrogens with two attached hydrogens (primary N) is 1. The standard InChI is InChI=1S/C20H18N4S2/c1-25-16-8-6-14(7-9-16)20-23-22-19-11-10-17(13-24(19)20)26-18-5-3-2-4-15(18)12-21/h2-11,13H,12,21H2,1H3. The first-order valence-corrected chi connectivity index (χ1v) is 10.3. The molecule has 2 N–H and O–H groups in total. The summed E-state index contributed by atoms with van der Waals surface area (Å²) in [6.45, 7) is 0.533. The quantitative estimate of drug-likeness (QED) is 0.509. The number of aromatic nitrogens is 3. The van der Waals surface area contributed by atoms with Crippen LogP contribution in [0.25, 0.3) is 17.0 Å². The third-order valence-corrected chi connectivity index (χ3v) is 5.98. The van der Waals surface area contributed by atoms with E-state index in [9.17, 15) is 0 Å². The second-order valence-electron chi connectivity index (χ2n) is 5.76. The molecule has 0 aliphatic carbocycles. The molecule has 2 heterocycles. The molecule has 0 atom stereocenters. The fraction of sp³-hybridized carbons (Fsp3) is 0.100. The normalized spacial score (nSPS) is 11.2. The molecule has 4 aromatic rings. The fourth-order valence-corrected chi connectivity index (χ4v) is 4.15. The summed E-state index contributed by atoms with van der Waals surface area (Å²) in [5, 5.41) is 8.68. The maximum Gasteiger partial charge on any atom is 0.168 e. The first-order chi connectivity index (χ1) is 12.8. The van der Waals surface area contributed by atoms with Crippen LogP contribution in [0.15, 0.2) is 81.5 Å². The third-order valence-electron chi connectivity index (χ3n) is 4.14. The number of benzene rings is 2. The summed E-state index contributed by atoms with van der Waals surface area (Å²) < 4.78 is 2.04. The highest BCUT2D eigenvalue weighted by Gasteiger charge is 2.10. The molecule has 2 aromatic carbocycles. The average Bonchev–Trinajstić information content (AvgIpc) is 3.12. The second-order valence-corrected chi connectivity index (χ2v) is 7.75. The second kappa shape index (κ2) is 7.53. The Kier molecular flexibility index (Phi) is 4.97. The lowest BCUT2D eigenvalue weighted by Crippen LogP contribution is -1.97. The smallest absolute Gasteiger partial charge is 0.168 e. The van der Waals surface area contributed by atoms with Gasteiger partial charge >= 0.3 is 0 Å². The molecule has 0 amide bonds. The van der Waals surface area contributed by atoms with Crippen LogP contribution in [0.5, 0.6) is 0 Å². The van der Waals surface area contributed by atoms with Crippen molar-refractivity contribution in [3.63, 3.8) is 0 Å². The molecule has 130 valence electrons. The maximum absolute atomic E-state index is 5.86. The number of rotatable bonds is 5. The monoisotopic (exact) mass is 378 g/mol. The fourth-order valence-electron chi connectivity index (χ4n) is 2.77. The third kappa shape index (κ3) is 3.35. The number of pyridine rings is 1. The molecule has 0 saturated carbocycles. The molecule has 4 rings (SSSR count). The van der Waals surface area contributed by atoms with Gasteiger partial charge in [-0.15, -0.1) is 22.0 Å². The molecule has 4 nitrogen and oxygen atoms in total. The lowest BCUT2D eigenvalue weighted by atomic mass is 10.2. The molecule has 2 aromatic heterocycles. The van der Waals surface area contributed by atoms with E-state index in [1.54, 1.807) is 23.5 Å². The van der Waals surface area contributed by atoms with Crippen LogP contribution in [0.1, 0.15) is 5.56 Å². The average molecular weight is 379 g/mol. The summed E-state index contributed by atoms with van der Waals surface area (Å²) in [4.78, 5) is 3.53. The van der Waals surface area contributed by atoms with Crippen molar-refractivity contribution in [2.75, 3.05) is 6.26 Å². The van der Waals surface area contributed by atoms with E-state index in [2.05, 4.69) is 65.1 Å². The van der Waals surface area contributed by atoms with Crippen molar-refractivity contribution in [3.8, 4) is 11.4 Å². The van der Waals surface area contributed by atoms with E-state index in [-0.39, 0.29) is 0 Å². The van der Waals surface area contributed by atoms with Crippen LogP contribution in [-0.4, -0.2) is 20.9 Å². The Hall–Kier alpha value is -2.28. The van der Waals surface area contributed by atoms with Crippen LogP contribution in [0.3, 0.4) is 0 Å². The molecule has 0 unspecified atom stereocenters. The predicted octanol–water partition coefficient (Wildman–Crippen LogP) is 4.73. The van der Waals surface area contributed by atoms with Crippen molar-refractivity contribution >= 4 is 29.2 Å². The zero-order valence-corrected chi connectivity index (χ0v) is 15.9. The van der Waals surface area contributed by atoms with E-state index in [4.69, 9.17) is 5.73 Å². The Bertz CT molecular complexity index is 1040. The van der Waals surface area contributed by atoms with E-state index in [0.717, 1.165) is 27.5 Å². The highest BCUT2D eigenvalue weighted by atomic mass is 32.2. The van der Waals surface area contributed by atoms with Gasteiger partial charge < -0.3 is 5.73 Å². The highest BCUT2D eigenvalue weighted by Crippen LogP contribution is 2.31. The van der Waals surface area contributed by atoms with Gasteiger partial charge in [-0.3, -0.25) is 4.40 Å². The van der Waals surface area contributed by atoms with E-state index < -0.39 is 0 Å². The van der Waals surface area contributed by atoms with Crippen molar-refractivity contribution in [1.29, 1.82) is 0 Å². The van der Waals surface area contributed by atoms with Crippen LogP contribution in [0, 0.1) is 0 Å². The Labute approximate surface area is 160 Å². The largest absolute Gasteiger partial charge is 0.326 e. The lowest BCUT2D eigenvalue weighted by molar-refractivity contribution is 1.03. The Morgan fingerprint density at radius 3 is 2.46 bits per heavy atom. The predicted molar refractivity (Wildman–Crippen MR) is 109 cm³/mol. The minimum atomic E-state index is 0.533. The lowest BCUT2D eigenvalue weighted by Gasteiger charge is -2.08. The number of fused-ring (bicyclic) bond motifs is 1. The minimum absolute atomic E-state index is 0.533. The zero-order chi connectivity index (χ0) is 17.9. The van der Waals surface area contributed by atoms with Gasteiger partial charge in [0, 0.05) is 33.0 Å². The molecule has 0 spiro atoms. The van der Waals surface area contributed by atoms with Crippen LogP contribution >= 0.6 is 23.5 Å². The van der Waals surface area contributed by atoms with Gasteiger partial charge in [-0.05, 0) is 42.2 Å². The number of thioether (sulfide) groups is 1. The Balaban J connectivity index is 1.72. The van der Waals surface area contributed by atoms with Crippen molar-refractivity contribution in [3.05, 3.63) is 72.4 Å². The molecular weight excluding hydrogens is 360 g/mol. The molecule has 0 bridgehead atoms. The van der Waals surface area contributed by atoms with E-state index in [0.29, 0.717) is 6.54 Å². The van der Waals surface area contributed by atoms with Gasteiger partial charge in [-0.2, -0.15) is 0 Å². The number of hydrogen-bond donors (Lipinski definition) is 1. The minimum Gasteiger partial charge on any atom is -0.326 e. The van der Waals surface area contributed by atoms with E-state index in [1.165, 1.54) is 9.79 Å². The van der Waals surface area contributed by atoms with Gasteiger partial charge in [0.15, 0.2) is 11.5 Å². The van der Waals surface area contributed by atoms with Gasteiger partial charge in [-0.25, -0.2) is 0 Å². The van der Waals surface area contributed by atoms with Gasteiger partial charge in [0.2, 0.25) is 0 Å². The van der Waals surface area contributed by atoms with Crippen LogP contribution in [-0.2, 0) is 6.54 Å². The first-order valence-electron chi connectivity index (χ1n) is 8.23. The summed E-state index contributed by atoms with van der Waals surface area (Å²) in [5.74, 6) is 0.849. The summed E-state index contributed by atoms with van der Waals surface area (Å²) in [7, 11) is 0. The first kappa shape index (κ1) is 17.1. The Morgan fingerprint density at radius 2 is 1.69 bits per heavy atom. The van der Waals surface area contributed by atoms with Crippen molar-refractivity contribution in [2.24, 2.45) is 5.73 Å². The SMILES string of the molecule is CSc1ccc(-c2nnc3ccc(Sc4ccccc4CN)cn23)cc1. The van der Waals surface area contributed by atoms with Gasteiger partial charge in [-0.1, -0.05) is 42.1 Å². The van der Waals surface area contributed by atoms with Crippen LogP contribution in [0.2, 0.25) is 0 Å². The zero-order valence-electron chi connectivity index (χ0n) is 14.3. The van der Waals surface area contributed by atoms with Crippen molar-refractivity contribution in [1.82, 2.24) is 14.6 Å². The topological polar surface area (TPSA) is 56.2 Å². The molecule has 26 heavy (non-hydrogen) atoms. The number of nitrogens with zero attached hydrogens (tertiary/aromatic N) is 3. The molecule has 0 radical (unpaired) electrons. The maximum atomic E-state index is 5.86. The van der Waals surface area contributed by atoms with Gasteiger partial charge in [0.1, 0.15) is 0 Å². The molecular formula is C20H18N4S2. The molecule has 6 heteroatoms. The molecule has 0 aliphatic rings. The van der Waals surface area contributed by atoms with Gasteiger partial charge in [0.25, 0.3) is 0 Å². The van der Waals surface area contributed by atoms with Gasteiger partial charge in [0.05, 0.1) is 0 Å². The van der Waals surface area contributed by atoms with Crippen LogP contribution in [0.4, 0.5) is 0 Å². The molecule has 0 fully saturated rings. The van der Waals surface area contributed by atoms with Crippen molar-refractivity contribution in [2.45, 2.75) is 21.2 Å². The summed E-state index contributed by atoms with van der Waals surface area (Å²) in [6, 6.07) is 20.7.